The van der Waals surface area contributed by atoms with E-state index in [1.54, 1.807) is 29.5 Å². The number of aromatic nitrogens is 1. The molecule has 5 nitrogen and oxygen atoms in total. The number of nitrogens with one attached hydrogen (secondary N) is 2. The molecule has 1 aliphatic rings. The van der Waals surface area contributed by atoms with Crippen LogP contribution in [0, 0.1) is 0 Å². The molecule has 1 unspecified atom stereocenters. The normalized spacial score (nSPS) is 19.3. The van der Waals surface area contributed by atoms with Crippen LogP contribution in [-0.4, -0.2) is 29.8 Å². The standard InChI is InChI=1S/C21H21N3O2S/c1-14(25)15-7-2-3-8-16(15)22-20(26)13-24-12-6-10-18(24)21-23-17-9-4-5-11-19(17)27-21/h2-5,7-9,11,18H,6,10,12-13H2,1H3,(H,22,26)/p+1/t18-/m0/s1. The lowest BCUT2D eigenvalue weighted by Crippen LogP contribution is -3.11. The fraction of sp³-hybridized carbons (Fsp3) is 0.286. The predicted octanol–water partition coefficient (Wildman–Crippen LogP) is 2.86. The van der Waals surface area contributed by atoms with E-state index < -0.39 is 0 Å². The molecule has 2 aromatic carbocycles. The van der Waals surface area contributed by atoms with Crippen LogP contribution in [0.4, 0.5) is 5.69 Å². The molecule has 2 atom stereocenters. The molecule has 0 radical (unpaired) electrons. The summed E-state index contributed by atoms with van der Waals surface area (Å²) >= 11 is 1.73. The first kappa shape index (κ1) is 17.8. The van der Waals surface area contributed by atoms with Crippen molar-refractivity contribution >= 4 is 38.9 Å². The van der Waals surface area contributed by atoms with Crippen LogP contribution in [-0.2, 0) is 4.79 Å². The summed E-state index contributed by atoms with van der Waals surface area (Å²) < 4.78 is 1.19. The number of carbonyl (C=O) groups excluding carboxylic acids is 2. The molecule has 0 bridgehead atoms. The van der Waals surface area contributed by atoms with Crippen LogP contribution >= 0.6 is 11.3 Å². The molecule has 0 saturated carbocycles. The molecular formula is C21H22N3O2S+. The number of carbonyl (C=O) groups is 2. The Morgan fingerprint density at radius 2 is 1.96 bits per heavy atom. The second-order valence-electron chi connectivity index (χ2n) is 6.95. The minimum absolute atomic E-state index is 0.0493. The van der Waals surface area contributed by atoms with Gasteiger partial charge < -0.3 is 10.2 Å². The van der Waals surface area contributed by atoms with Crippen molar-refractivity contribution in [2.75, 3.05) is 18.4 Å². The quantitative estimate of drug-likeness (QED) is 0.669. The molecule has 0 spiro atoms. The van der Waals surface area contributed by atoms with Crippen molar-refractivity contribution in [1.29, 1.82) is 0 Å². The highest BCUT2D eigenvalue weighted by Gasteiger charge is 2.34. The predicted molar refractivity (Wildman–Crippen MR) is 107 cm³/mol. The molecular weight excluding hydrogens is 358 g/mol. The van der Waals surface area contributed by atoms with Gasteiger partial charge in [-0.25, -0.2) is 4.98 Å². The number of benzene rings is 2. The number of anilines is 1. The van der Waals surface area contributed by atoms with E-state index >= 15 is 0 Å². The molecule has 1 aliphatic heterocycles. The largest absolute Gasteiger partial charge is 0.320 e. The van der Waals surface area contributed by atoms with Crippen molar-refractivity contribution in [2.45, 2.75) is 25.8 Å². The maximum atomic E-state index is 12.6. The van der Waals surface area contributed by atoms with Crippen LogP contribution in [0.25, 0.3) is 10.2 Å². The van der Waals surface area contributed by atoms with Crippen LogP contribution < -0.4 is 10.2 Å². The second-order valence-corrected chi connectivity index (χ2v) is 8.01. The van der Waals surface area contributed by atoms with Gasteiger partial charge in [-0.05, 0) is 31.2 Å². The molecule has 4 rings (SSSR count). The zero-order valence-electron chi connectivity index (χ0n) is 15.2. The lowest BCUT2D eigenvalue weighted by Gasteiger charge is -2.19. The molecule has 1 saturated heterocycles. The summed E-state index contributed by atoms with van der Waals surface area (Å²) in [5.41, 5.74) is 2.17. The summed E-state index contributed by atoms with van der Waals surface area (Å²) in [6.07, 6.45) is 2.14. The molecule has 1 aromatic heterocycles. The van der Waals surface area contributed by atoms with E-state index in [0.29, 0.717) is 17.8 Å². The highest BCUT2D eigenvalue weighted by Crippen LogP contribution is 2.28. The van der Waals surface area contributed by atoms with Crippen LogP contribution in [0.5, 0.6) is 0 Å². The molecule has 6 heteroatoms. The number of fused-ring (bicyclic) bond motifs is 1. The molecule has 2 N–H and O–H groups in total. The van der Waals surface area contributed by atoms with Gasteiger partial charge in [0.15, 0.2) is 17.3 Å². The number of quaternary nitrogens is 1. The average molecular weight is 380 g/mol. The summed E-state index contributed by atoms with van der Waals surface area (Å²) in [6.45, 7) is 2.86. The van der Waals surface area contributed by atoms with Gasteiger partial charge in [0.1, 0.15) is 6.04 Å². The van der Waals surface area contributed by atoms with Gasteiger partial charge in [0.25, 0.3) is 5.91 Å². The van der Waals surface area contributed by atoms with Crippen molar-refractivity contribution in [3.05, 3.63) is 59.1 Å². The van der Waals surface area contributed by atoms with E-state index in [-0.39, 0.29) is 17.7 Å². The molecule has 2 heterocycles. The summed E-state index contributed by atoms with van der Waals surface area (Å²) in [5, 5.41) is 4.03. The van der Waals surface area contributed by atoms with Gasteiger partial charge in [-0.15, -0.1) is 11.3 Å². The average Bonchev–Trinajstić information content (AvgIpc) is 3.28. The molecule has 27 heavy (non-hydrogen) atoms. The van der Waals surface area contributed by atoms with Gasteiger partial charge in [-0.2, -0.15) is 0 Å². The van der Waals surface area contributed by atoms with Crippen molar-refractivity contribution < 1.29 is 14.5 Å². The van der Waals surface area contributed by atoms with Gasteiger partial charge in [0.05, 0.1) is 22.4 Å². The Bertz CT molecular complexity index is 965. The zero-order chi connectivity index (χ0) is 18.8. The Kier molecular flexibility index (Phi) is 5.01. The van der Waals surface area contributed by atoms with Crippen LogP contribution in [0.1, 0.15) is 41.2 Å². The first-order valence-electron chi connectivity index (χ1n) is 9.21. The fourth-order valence-corrected chi connectivity index (χ4v) is 4.92. The Labute approximate surface area is 162 Å². The van der Waals surface area contributed by atoms with Crippen LogP contribution in [0.2, 0.25) is 0 Å². The third-order valence-electron chi connectivity index (χ3n) is 5.06. The van der Waals surface area contributed by atoms with Gasteiger partial charge in [-0.1, -0.05) is 24.3 Å². The number of ketones is 1. The maximum Gasteiger partial charge on any atom is 0.279 e. The Hall–Kier alpha value is -2.57. The molecule has 1 fully saturated rings. The zero-order valence-corrected chi connectivity index (χ0v) is 16.0. The smallest absolute Gasteiger partial charge is 0.279 e. The van der Waals surface area contributed by atoms with E-state index in [2.05, 4.69) is 11.4 Å². The number of para-hydroxylation sites is 2. The molecule has 3 aromatic rings. The monoisotopic (exact) mass is 380 g/mol. The van der Waals surface area contributed by atoms with Crippen molar-refractivity contribution in [2.24, 2.45) is 0 Å². The van der Waals surface area contributed by atoms with E-state index in [1.165, 1.54) is 16.5 Å². The minimum Gasteiger partial charge on any atom is -0.320 e. The van der Waals surface area contributed by atoms with E-state index in [1.807, 2.05) is 24.3 Å². The SMILES string of the molecule is CC(=O)c1ccccc1NC(=O)C[NH+]1CCC[C@H]1c1nc2ccccc2s1. The van der Waals surface area contributed by atoms with Crippen molar-refractivity contribution in [1.82, 2.24) is 4.98 Å². The fourth-order valence-electron chi connectivity index (χ4n) is 3.76. The van der Waals surface area contributed by atoms with Gasteiger partial charge in [0.2, 0.25) is 0 Å². The van der Waals surface area contributed by atoms with Gasteiger partial charge in [0, 0.05) is 18.4 Å². The first-order chi connectivity index (χ1) is 13.1. The number of hydrogen-bond donors (Lipinski definition) is 2. The third kappa shape index (κ3) is 3.77. The topological polar surface area (TPSA) is 63.5 Å². The lowest BCUT2D eigenvalue weighted by molar-refractivity contribution is -0.910. The maximum absolute atomic E-state index is 12.6. The van der Waals surface area contributed by atoms with Gasteiger partial charge >= 0.3 is 0 Å². The summed E-state index contributed by atoms with van der Waals surface area (Å²) in [6, 6.07) is 15.6. The summed E-state index contributed by atoms with van der Waals surface area (Å²) in [5.74, 6) is -0.113. The van der Waals surface area contributed by atoms with Gasteiger partial charge in [-0.3, -0.25) is 9.59 Å². The van der Waals surface area contributed by atoms with Crippen molar-refractivity contribution in [3.63, 3.8) is 0 Å². The number of hydrogen-bond acceptors (Lipinski definition) is 4. The molecule has 0 aliphatic carbocycles. The Balaban J connectivity index is 1.48. The number of amides is 1. The highest BCUT2D eigenvalue weighted by atomic mass is 32.1. The second kappa shape index (κ2) is 7.58. The number of likely N-dealkylation sites (tertiary alicyclic amines) is 1. The number of rotatable bonds is 5. The summed E-state index contributed by atoms with van der Waals surface area (Å²) in [4.78, 5) is 30.4. The Morgan fingerprint density at radius 1 is 1.19 bits per heavy atom. The van der Waals surface area contributed by atoms with Crippen LogP contribution in [0.15, 0.2) is 48.5 Å². The molecule has 1 amide bonds. The molecule has 138 valence electrons. The lowest BCUT2D eigenvalue weighted by atomic mass is 10.1. The van der Waals surface area contributed by atoms with E-state index in [0.717, 1.165) is 29.9 Å². The minimum atomic E-state index is -0.0632. The number of thiazole rings is 1. The van der Waals surface area contributed by atoms with Crippen molar-refractivity contribution in [3.8, 4) is 0 Å². The number of nitrogens with zero attached hydrogens (tertiary/aromatic N) is 1. The Morgan fingerprint density at radius 3 is 2.78 bits per heavy atom. The highest BCUT2D eigenvalue weighted by molar-refractivity contribution is 7.18. The number of Topliss-reactive ketones (excluding diaryl/α,β-unsaturated/α-hetero) is 1. The van der Waals surface area contributed by atoms with E-state index in [9.17, 15) is 9.59 Å². The first-order valence-corrected chi connectivity index (χ1v) is 10.0. The van der Waals surface area contributed by atoms with Crippen LogP contribution in [0.3, 0.4) is 0 Å². The van der Waals surface area contributed by atoms with E-state index in [4.69, 9.17) is 4.98 Å². The third-order valence-corrected chi connectivity index (χ3v) is 6.21. The summed E-state index contributed by atoms with van der Waals surface area (Å²) in [7, 11) is 0.